The second-order valence-electron chi connectivity index (χ2n) is 9.66. The number of pyridine rings is 1. The standard InChI is InChI=1S/C21H21F3N6/c22-21(23,24)14-3-1-2-12(26-14)18-28-19(25-10-5-8-4-9(8)6-10)30-20(29-18)27-13-7-11-15-16(11)17(13)15/h1-3,8-11,13,15-17H,4-7H2,(H2,25,27,28,29,30). The molecule has 9 heteroatoms. The highest BCUT2D eigenvalue weighted by Crippen LogP contribution is 2.81. The fourth-order valence-electron chi connectivity index (χ4n) is 6.21. The van der Waals surface area contributed by atoms with Crippen molar-refractivity contribution in [2.75, 3.05) is 10.6 Å². The number of aromatic nitrogens is 4. The number of alkyl halides is 3. The first-order valence-electron chi connectivity index (χ1n) is 10.8. The van der Waals surface area contributed by atoms with E-state index in [2.05, 4.69) is 30.6 Å². The highest BCUT2D eigenvalue weighted by molar-refractivity contribution is 5.55. The van der Waals surface area contributed by atoms with Crippen molar-refractivity contribution in [1.82, 2.24) is 19.9 Å². The molecule has 6 nitrogen and oxygen atoms in total. The van der Waals surface area contributed by atoms with Crippen LogP contribution in [0.1, 0.15) is 31.4 Å². The second kappa shape index (κ2) is 5.62. The topological polar surface area (TPSA) is 75.6 Å². The quantitative estimate of drug-likeness (QED) is 0.774. The number of anilines is 2. The maximum atomic E-state index is 13.1. The fourth-order valence-corrected chi connectivity index (χ4v) is 6.21. The molecule has 2 N–H and O–H groups in total. The molecule has 2 heterocycles. The summed E-state index contributed by atoms with van der Waals surface area (Å²) in [5.74, 6) is 5.99. The van der Waals surface area contributed by atoms with Crippen molar-refractivity contribution in [3.8, 4) is 11.5 Å². The third-order valence-electron chi connectivity index (χ3n) is 7.83. The van der Waals surface area contributed by atoms with E-state index in [1.54, 1.807) is 0 Å². The number of nitrogens with one attached hydrogen (secondary N) is 2. The van der Waals surface area contributed by atoms with E-state index in [0.29, 0.717) is 24.0 Å². The number of nitrogens with zero attached hydrogens (tertiary/aromatic N) is 4. The van der Waals surface area contributed by atoms with Gasteiger partial charge in [-0.25, -0.2) is 4.98 Å². The largest absolute Gasteiger partial charge is 0.433 e. The summed E-state index contributed by atoms with van der Waals surface area (Å²) in [4.78, 5) is 17.2. The fraction of sp³-hybridized carbons (Fsp3) is 0.619. The molecule has 2 aromatic heterocycles. The van der Waals surface area contributed by atoms with Gasteiger partial charge in [-0.15, -0.1) is 0 Å². The first kappa shape index (κ1) is 17.3. The number of halogens is 3. The highest BCUT2D eigenvalue weighted by atomic mass is 19.4. The normalized spacial score (nSPS) is 39.3. The zero-order valence-electron chi connectivity index (χ0n) is 16.1. The van der Waals surface area contributed by atoms with Crippen molar-refractivity contribution in [1.29, 1.82) is 0 Å². The summed E-state index contributed by atoms with van der Waals surface area (Å²) in [6.45, 7) is 0. The van der Waals surface area contributed by atoms with Gasteiger partial charge in [0.1, 0.15) is 11.4 Å². The van der Waals surface area contributed by atoms with Gasteiger partial charge in [0.05, 0.1) is 0 Å². The number of fused-ring (bicyclic) bond motifs is 2. The Labute approximate surface area is 171 Å². The van der Waals surface area contributed by atoms with Gasteiger partial charge in [-0.05, 0) is 73.3 Å². The summed E-state index contributed by atoms with van der Waals surface area (Å²) >= 11 is 0. The van der Waals surface area contributed by atoms with Crippen LogP contribution >= 0.6 is 0 Å². The Morgan fingerprint density at radius 3 is 2.20 bits per heavy atom. The summed E-state index contributed by atoms with van der Waals surface area (Å²) in [7, 11) is 0. The molecule has 0 amide bonds. The molecule has 156 valence electrons. The lowest BCUT2D eigenvalue weighted by Crippen LogP contribution is -2.23. The average molecular weight is 414 g/mol. The summed E-state index contributed by atoms with van der Waals surface area (Å²) < 4.78 is 39.4. The lowest BCUT2D eigenvalue weighted by molar-refractivity contribution is -0.141. The van der Waals surface area contributed by atoms with Crippen molar-refractivity contribution in [2.45, 2.75) is 43.9 Å². The molecule has 6 saturated carbocycles. The van der Waals surface area contributed by atoms with Crippen LogP contribution in [-0.4, -0.2) is 32.0 Å². The van der Waals surface area contributed by atoms with Crippen molar-refractivity contribution in [3.63, 3.8) is 0 Å². The van der Waals surface area contributed by atoms with Crippen molar-refractivity contribution < 1.29 is 13.2 Å². The molecule has 2 aromatic rings. The first-order valence-corrected chi connectivity index (χ1v) is 10.8. The maximum absolute atomic E-state index is 13.1. The lowest BCUT2D eigenvalue weighted by atomic mass is 10.2. The van der Waals surface area contributed by atoms with Crippen LogP contribution in [0.2, 0.25) is 0 Å². The van der Waals surface area contributed by atoms with E-state index in [0.717, 1.165) is 60.8 Å². The zero-order valence-corrected chi connectivity index (χ0v) is 16.1. The smallest absolute Gasteiger partial charge is 0.351 e. The van der Waals surface area contributed by atoms with Crippen LogP contribution in [0, 0.1) is 35.5 Å². The molecule has 0 saturated heterocycles. The van der Waals surface area contributed by atoms with Crippen LogP contribution < -0.4 is 10.6 Å². The van der Waals surface area contributed by atoms with Gasteiger partial charge < -0.3 is 10.6 Å². The molecule has 2 bridgehead atoms. The molecule has 6 aliphatic carbocycles. The second-order valence-corrected chi connectivity index (χ2v) is 9.66. The molecule has 0 aromatic carbocycles. The van der Waals surface area contributed by atoms with Crippen LogP contribution in [0.5, 0.6) is 0 Å². The summed E-state index contributed by atoms with van der Waals surface area (Å²) in [5, 5.41) is 6.84. The van der Waals surface area contributed by atoms with E-state index in [1.165, 1.54) is 18.6 Å². The van der Waals surface area contributed by atoms with Crippen LogP contribution in [-0.2, 0) is 6.18 Å². The maximum Gasteiger partial charge on any atom is 0.433 e. The monoisotopic (exact) mass is 414 g/mol. The molecular formula is C21H21F3N6. The minimum Gasteiger partial charge on any atom is -0.351 e. The predicted octanol–water partition coefficient (Wildman–Crippen LogP) is 3.84. The van der Waals surface area contributed by atoms with Crippen LogP contribution in [0.4, 0.5) is 25.1 Å². The lowest BCUT2D eigenvalue weighted by Gasteiger charge is -2.17. The van der Waals surface area contributed by atoms with Gasteiger partial charge in [0.2, 0.25) is 11.9 Å². The van der Waals surface area contributed by atoms with Gasteiger partial charge in [0.15, 0.2) is 5.82 Å². The van der Waals surface area contributed by atoms with Gasteiger partial charge in [-0.1, -0.05) is 6.07 Å². The van der Waals surface area contributed by atoms with E-state index in [-0.39, 0.29) is 11.5 Å². The van der Waals surface area contributed by atoms with E-state index in [1.807, 2.05) is 0 Å². The van der Waals surface area contributed by atoms with Crippen LogP contribution in [0.25, 0.3) is 11.5 Å². The van der Waals surface area contributed by atoms with Gasteiger partial charge in [0.25, 0.3) is 0 Å². The Balaban J connectivity index is 1.20. The van der Waals surface area contributed by atoms with E-state index < -0.39 is 11.9 Å². The van der Waals surface area contributed by atoms with Crippen molar-refractivity contribution in [2.24, 2.45) is 35.5 Å². The van der Waals surface area contributed by atoms with E-state index in [9.17, 15) is 13.2 Å². The molecule has 5 unspecified atom stereocenters. The van der Waals surface area contributed by atoms with Crippen LogP contribution in [0.3, 0.4) is 0 Å². The summed E-state index contributed by atoms with van der Waals surface area (Å²) in [5.41, 5.74) is -0.838. The minimum atomic E-state index is -4.51. The van der Waals surface area contributed by atoms with Gasteiger partial charge >= 0.3 is 6.18 Å². The van der Waals surface area contributed by atoms with Gasteiger partial charge in [-0.2, -0.15) is 28.1 Å². The van der Waals surface area contributed by atoms with E-state index >= 15 is 0 Å². The molecule has 0 radical (unpaired) electrons. The third kappa shape index (κ3) is 2.70. The molecule has 0 spiro atoms. The first-order chi connectivity index (χ1) is 14.4. The summed E-state index contributed by atoms with van der Waals surface area (Å²) in [6.07, 6.45) is 0.146. The van der Waals surface area contributed by atoms with Crippen molar-refractivity contribution >= 4 is 11.9 Å². The Morgan fingerprint density at radius 1 is 0.800 bits per heavy atom. The Hall–Kier alpha value is -2.45. The Kier molecular flexibility index (Phi) is 3.23. The minimum absolute atomic E-state index is 0.105. The number of rotatable bonds is 5. The molecule has 5 atom stereocenters. The third-order valence-corrected chi connectivity index (χ3v) is 7.83. The molecule has 0 aliphatic heterocycles. The zero-order chi connectivity index (χ0) is 20.2. The highest BCUT2D eigenvalue weighted by Gasteiger charge is 2.80. The predicted molar refractivity (Wildman–Crippen MR) is 102 cm³/mol. The molecular weight excluding hydrogens is 393 g/mol. The van der Waals surface area contributed by atoms with Crippen LogP contribution in [0.15, 0.2) is 18.2 Å². The van der Waals surface area contributed by atoms with E-state index in [4.69, 9.17) is 0 Å². The molecule has 8 rings (SSSR count). The molecule has 6 aliphatic rings. The van der Waals surface area contributed by atoms with Gasteiger partial charge in [-0.3, -0.25) is 0 Å². The molecule has 6 fully saturated rings. The van der Waals surface area contributed by atoms with Crippen molar-refractivity contribution in [3.05, 3.63) is 23.9 Å². The molecule has 30 heavy (non-hydrogen) atoms. The Bertz CT molecular complexity index is 1010. The van der Waals surface area contributed by atoms with Gasteiger partial charge in [0, 0.05) is 12.1 Å². The Morgan fingerprint density at radius 2 is 1.53 bits per heavy atom. The number of hydrogen-bond acceptors (Lipinski definition) is 6. The average Bonchev–Trinajstić information content (AvgIpc) is 3.64. The number of hydrogen-bond donors (Lipinski definition) is 2. The SMILES string of the molecule is FC(F)(F)c1cccc(-c2nc(NC3CC4CC4C3)nc(NC3CC4C5C3C45)n2)n1. The summed E-state index contributed by atoms with van der Waals surface area (Å²) in [6, 6.07) is 4.49.